The third-order valence-corrected chi connectivity index (χ3v) is 3.60. The van der Waals surface area contributed by atoms with E-state index in [-0.39, 0.29) is 11.3 Å². The molecule has 0 aliphatic rings. The van der Waals surface area contributed by atoms with E-state index >= 15 is 0 Å². The predicted octanol–water partition coefficient (Wildman–Crippen LogP) is 4.35. The van der Waals surface area contributed by atoms with Gasteiger partial charge < -0.3 is 5.11 Å². The van der Waals surface area contributed by atoms with E-state index < -0.39 is 5.91 Å². The molecule has 0 aliphatic carbocycles. The lowest BCUT2D eigenvalue weighted by molar-refractivity contribution is 0.100. The SMILES string of the molecule is O=C(c1cc2ccccc2cc1O)N(Cl)c1ccccc1. The van der Waals surface area contributed by atoms with Crippen LogP contribution in [-0.4, -0.2) is 11.0 Å². The molecule has 4 heteroatoms. The molecule has 3 rings (SSSR count). The Labute approximate surface area is 127 Å². The van der Waals surface area contributed by atoms with E-state index in [1.54, 1.807) is 36.4 Å². The lowest BCUT2D eigenvalue weighted by atomic mass is 10.1. The van der Waals surface area contributed by atoms with Crippen LogP contribution >= 0.6 is 11.8 Å². The average molecular weight is 298 g/mol. The number of para-hydroxylation sites is 1. The molecule has 1 amide bonds. The van der Waals surface area contributed by atoms with E-state index in [2.05, 4.69) is 0 Å². The molecule has 3 aromatic carbocycles. The lowest BCUT2D eigenvalue weighted by Crippen LogP contribution is -2.20. The number of halogens is 1. The normalized spacial score (nSPS) is 10.5. The highest BCUT2D eigenvalue weighted by molar-refractivity contribution is 6.39. The fraction of sp³-hybridized carbons (Fsp3) is 0. The number of phenols is 1. The highest BCUT2D eigenvalue weighted by Gasteiger charge is 2.19. The molecule has 0 saturated heterocycles. The van der Waals surface area contributed by atoms with Crippen molar-refractivity contribution in [2.24, 2.45) is 0 Å². The number of amides is 1. The van der Waals surface area contributed by atoms with E-state index in [0.29, 0.717) is 5.69 Å². The molecule has 0 unspecified atom stereocenters. The summed E-state index contributed by atoms with van der Waals surface area (Å²) in [5.41, 5.74) is 0.726. The molecule has 0 radical (unpaired) electrons. The molecule has 0 fully saturated rings. The second-order valence-corrected chi connectivity index (χ2v) is 4.98. The quantitative estimate of drug-likeness (QED) is 0.715. The number of phenolic OH excluding ortho intramolecular Hbond substituents is 1. The molecular formula is C17H12ClNO2. The fourth-order valence-electron chi connectivity index (χ4n) is 2.18. The van der Waals surface area contributed by atoms with Crippen molar-refractivity contribution in [3.8, 4) is 5.75 Å². The number of carbonyl (C=O) groups is 1. The minimum Gasteiger partial charge on any atom is -0.507 e. The van der Waals surface area contributed by atoms with Gasteiger partial charge in [-0.25, -0.2) is 4.42 Å². The van der Waals surface area contributed by atoms with Crippen molar-refractivity contribution >= 4 is 34.1 Å². The maximum absolute atomic E-state index is 12.4. The van der Waals surface area contributed by atoms with Crippen molar-refractivity contribution in [1.82, 2.24) is 0 Å². The largest absolute Gasteiger partial charge is 0.507 e. The van der Waals surface area contributed by atoms with E-state index in [9.17, 15) is 9.90 Å². The first-order valence-corrected chi connectivity index (χ1v) is 6.77. The molecule has 0 saturated carbocycles. The van der Waals surface area contributed by atoms with Gasteiger partial charge in [0.15, 0.2) is 0 Å². The smallest absolute Gasteiger partial charge is 0.276 e. The Bertz CT molecular complexity index is 802. The van der Waals surface area contributed by atoms with Gasteiger partial charge in [-0.15, -0.1) is 0 Å². The van der Waals surface area contributed by atoms with Crippen LogP contribution in [0.2, 0.25) is 0 Å². The van der Waals surface area contributed by atoms with E-state index in [4.69, 9.17) is 11.8 Å². The van der Waals surface area contributed by atoms with Gasteiger partial charge >= 0.3 is 0 Å². The summed E-state index contributed by atoms with van der Waals surface area (Å²) in [6.07, 6.45) is 0. The standard InChI is InChI=1S/C17H12ClNO2/c18-19(14-8-2-1-3-9-14)17(21)15-10-12-6-4-5-7-13(12)11-16(15)20/h1-11,20H. The zero-order valence-corrected chi connectivity index (χ0v) is 11.8. The zero-order chi connectivity index (χ0) is 14.8. The van der Waals surface area contributed by atoms with Crippen LogP contribution in [0.15, 0.2) is 66.7 Å². The van der Waals surface area contributed by atoms with Gasteiger partial charge in [0.25, 0.3) is 5.91 Å². The molecule has 104 valence electrons. The second-order valence-electron chi connectivity index (χ2n) is 4.64. The molecule has 3 aromatic rings. The number of hydrogen-bond acceptors (Lipinski definition) is 2. The molecule has 0 heterocycles. The number of nitrogens with zero attached hydrogens (tertiary/aromatic N) is 1. The number of rotatable bonds is 2. The minimum absolute atomic E-state index is 0.0831. The van der Waals surface area contributed by atoms with Gasteiger partial charge in [-0.2, -0.15) is 0 Å². The van der Waals surface area contributed by atoms with Crippen molar-refractivity contribution in [1.29, 1.82) is 0 Å². The van der Waals surface area contributed by atoms with Crippen molar-refractivity contribution in [2.75, 3.05) is 4.42 Å². The molecular weight excluding hydrogens is 286 g/mol. The first kappa shape index (κ1) is 13.5. The number of anilines is 1. The van der Waals surface area contributed by atoms with Crippen LogP contribution in [0.1, 0.15) is 10.4 Å². The summed E-state index contributed by atoms with van der Waals surface area (Å²) >= 11 is 6.09. The molecule has 0 aromatic heterocycles. The summed E-state index contributed by atoms with van der Waals surface area (Å²) in [4.78, 5) is 12.4. The van der Waals surface area contributed by atoms with E-state index in [1.165, 1.54) is 0 Å². The highest BCUT2D eigenvalue weighted by Crippen LogP contribution is 2.28. The first-order chi connectivity index (χ1) is 10.2. The Hall–Kier alpha value is -2.52. The average Bonchev–Trinajstić information content (AvgIpc) is 2.53. The van der Waals surface area contributed by atoms with Crippen molar-refractivity contribution in [2.45, 2.75) is 0 Å². The van der Waals surface area contributed by atoms with Gasteiger partial charge in [-0.3, -0.25) is 4.79 Å². The van der Waals surface area contributed by atoms with E-state index in [0.717, 1.165) is 15.2 Å². The second kappa shape index (κ2) is 5.46. The van der Waals surface area contributed by atoms with E-state index in [1.807, 2.05) is 30.3 Å². The summed E-state index contributed by atoms with van der Waals surface area (Å²) in [6, 6.07) is 19.6. The Balaban J connectivity index is 2.03. The number of fused-ring (bicyclic) bond motifs is 1. The predicted molar refractivity (Wildman–Crippen MR) is 84.7 cm³/mol. The van der Waals surface area contributed by atoms with Crippen molar-refractivity contribution in [3.05, 3.63) is 72.3 Å². The van der Waals surface area contributed by atoms with Crippen LogP contribution in [0, 0.1) is 0 Å². The van der Waals surface area contributed by atoms with Gasteiger partial charge in [0, 0.05) is 11.8 Å². The maximum Gasteiger partial charge on any atom is 0.276 e. The summed E-state index contributed by atoms with van der Waals surface area (Å²) in [5.74, 6) is -0.550. The Morgan fingerprint density at radius 1 is 0.905 bits per heavy atom. The van der Waals surface area contributed by atoms with Crippen LogP contribution in [-0.2, 0) is 0 Å². The summed E-state index contributed by atoms with van der Waals surface area (Å²) in [7, 11) is 0. The van der Waals surface area contributed by atoms with Crippen LogP contribution in [0.4, 0.5) is 5.69 Å². The Morgan fingerprint density at radius 2 is 1.48 bits per heavy atom. The number of benzene rings is 3. The number of aromatic hydroxyl groups is 1. The summed E-state index contributed by atoms with van der Waals surface area (Å²) in [5, 5.41) is 11.8. The summed E-state index contributed by atoms with van der Waals surface area (Å²) in [6.45, 7) is 0. The number of hydrogen-bond donors (Lipinski definition) is 1. The fourth-order valence-corrected chi connectivity index (χ4v) is 2.39. The first-order valence-electron chi connectivity index (χ1n) is 6.44. The molecule has 3 nitrogen and oxygen atoms in total. The molecule has 1 N–H and O–H groups in total. The Morgan fingerprint density at radius 3 is 2.14 bits per heavy atom. The van der Waals surface area contributed by atoms with Crippen molar-refractivity contribution < 1.29 is 9.90 Å². The molecule has 0 bridgehead atoms. The zero-order valence-electron chi connectivity index (χ0n) is 11.0. The number of carbonyl (C=O) groups excluding carboxylic acids is 1. The molecule has 21 heavy (non-hydrogen) atoms. The maximum atomic E-state index is 12.4. The van der Waals surface area contributed by atoms with Gasteiger partial charge in [0.1, 0.15) is 5.75 Å². The summed E-state index contributed by atoms with van der Waals surface area (Å²) < 4.78 is 1.00. The molecule has 0 atom stereocenters. The van der Waals surface area contributed by atoms with Gasteiger partial charge in [-0.1, -0.05) is 42.5 Å². The third kappa shape index (κ3) is 2.56. The van der Waals surface area contributed by atoms with Crippen LogP contribution in [0.3, 0.4) is 0 Å². The van der Waals surface area contributed by atoms with Gasteiger partial charge in [0.05, 0.1) is 11.3 Å². The van der Waals surface area contributed by atoms with Gasteiger partial charge in [0.2, 0.25) is 0 Å². The monoisotopic (exact) mass is 297 g/mol. The van der Waals surface area contributed by atoms with Crippen LogP contribution in [0.25, 0.3) is 10.8 Å². The van der Waals surface area contributed by atoms with Crippen LogP contribution < -0.4 is 4.42 Å². The lowest BCUT2D eigenvalue weighted by Gasteiger charge is -2.15. The highest BCUT2D eigenvalue weighted by atomic mass is 35.5. The van der Waals surface area contributed by atoms with Gasteiger partial charge in [-0.05, 0) is 35.0 Å². The minimum atomic E-state index is -0.467. The van der Waals surface area contributed by atoms with Crippen molar-refractivity contribution in [3.63, 3.8) is 0 Å². The topological polar surface area (TPSA) is 40.5 Å². The molecule has 0 aliphatic heterocycles. The Kier molecular flexibility index (Phi) is 3.50. The molecule has 0 spiro atoms. The third-order valence-electron chi connectivity index (χ3n) is 3.26. The van der Waals surface area contributed by atoms with Crippen LogP contribution in [0.5, 0.6) is 5.75 Å².